The highest BCUT2D eigenvalue weighted by atomic mass is 35.5. The summed E-state index contributed by atoms with van der Waals surface area (Å²) in [5.74, 6) is 2.61. The number of hydrogen-bond acceptors (Lipinski definition) is 2. The molecule has 2 aromatic rings. The smallest absolute Gasteiger partial charge is 0.160 e. The zero-order valence-electron chi connectivity index (χ0n) is 11.4. The van der Waals surface area contributed by atoms with Crippen LogP contribution in [-0.4, -0.2) is 20.4 Å². The van der Waals surface area contributed by atoms with E-state index in [4.69, 9.17) is 16.6 Å². The lowest BCUT2D eigenvalue weighted by Crippen LogP contribution is -2.15. The van der Waals surface area contributed by atoms with Crippen molar-refractivity contribution in [2.75, 3.05) is 5.88 Å². The fraction of sp³-hybridized carbons (Fsp3) is 0.600. The number of fused-ring (bicyclic) bond motifs is 1. The summed E-state index contributed by atoms with van der Waals surface area (Å²) in [7, 11) is 0. The molecular formula is C15H20ClN3. The van der Waals surface area contributed by atoms with Gasteiger partial charge in [-0.3, -0.25) is 0 Å². The van der Waals surface area contributed by atoms with Crippen molar-refractivity contribution in [3.63, 3.8) is 0 Å². The van der Waals surface area contributed by atoms with Gasteiger partial charge in [-0.25, -0.2) is 9.97 Å². The summed E-state index contributed by atoms with van der Waals surface area (Å²) in [5, 5.41) is 0. The average molecular weight is 278 g/mol. The van der Waals surface area contributed by atoms with Crippen LogP contribution in [0.15, 0.2) is 12.3 Å². The molecule has 0 radical (unpaired) electrons. The molecule has 1 fully saturated rings. The van der Waals surface area contributed by atoms with Gasteiger partial charge in [0, 0.05) is 25.0 Å². The monoisotopic (exact) mass is 277 g/mol. The normalized spacial score (nSPS) is 15.9. The van der Waals surface area contributed by atoms with E-state index in [0.29, 0.717) is 5.88 Å². The molecule has 1 saturated carbocycles. The lowest BCUT2D eigenvalue weighted by Gasteiger charge is -2.25. The highest BCUT2D eigenvalue weighted by Gasteiger charge is 2.19. The van der Waals surface area contributed by atoms with Crippen LogP contribution in [0.3, 0.4) is 0 Å². The molecule has 0 saturated heterocycles. The first-order chi connectivity index (χ1) is 9.28. The fourth-order valence-corrected chi connectivity index (χ4v) is 2.93. The summed E-state index contributed by atoms with van der Waals surface area (Å²) in [6.45, 7) is 3.09. The van der Waals surface area contributed by atoms with Gasteiger partial charge in [-0.1, -0.05) is 19.3 Å². The third-order valence-electron chi connectivity index (χ3n) is 4.10. The predicted octanol–water partition coefficient (Wildman–Crippen LogP) is 3.71. The number of aryl methyl sites for hydroxylation is 3. The van der Waals surface area contributed by atoms with Gasteiger partial charge in [-0.05, 0) is 30.9 Å². The van der Waals surface area contributed by atoms with E-state index in [2.05, 4.69) is 22.5 Å². The lowest BCUT2D eigenvalue weighted by molar-refractivity contribution is 0.282. The molecule has 3 nitrogen and oxygen atoms in total. The molecule has 2 aromatic heterocycles. The lowest BCUT2D eigenvalue weighted by atomic mass is 9.83. The second kappa shape index (κ2) is 5.49. The minimum Gasteiger partial charge on any atom is -0.313 e. The number of nitrogens with zero attached hydrogens (tertiary/aromatic N) is 3. The van der Waals surface area contributed by atoms with Gasteiger partial charge >= 0.3 is 0 Å². The maximum Gasteiger partial charge on any atom is 0.160 e. The number of imidazole rings is 1. The number of rotatable bonds is 5. The van der Waals surface area contributed by atoms with Gasteiger partial charge < -0.3 is 4.57 Å². The third kappa shape index (κ3) is 2.62. The highest BCUT2D eigenvalue weighted by Crippen LogP contribution is 2.30. The predicted molar refractivity (Wildman–Crippen MR) is 78.6 cm³/mol. The van der Waals surface area contributed by atoms with Gasteiger partial charge in [0.25, 0.3) is 0 Å². The number of halogens is 1. The molecule has 1 aliphatic rings. The summed E-state index contributed by atoms with van der Waals surface area (Å²) in [6.07, 6.45) is 8.18. The summed E-state index contributed by atoms with van der Waals surface area (Å²) < 4.78 is 2.27. The van der Waals surface area contributed by atoms with Crippen LogP contribution < -0.4 is 0 Å². The molecule has 0 atom stereocenters. The van der Waals surface area contributed by atoms with Crippen molar-refractivity contribution in [3.8, 4) is 0 Å². The van der Waals surface area contributed by atoms with Crippen molar-refractivity contribution in [2.24, 2.45) is 5.92 Å². The average Bonchev–Trinajstić information content (AvgIpc) is 2.65. The van der Waals surface area contributed by atoms with Gasteiger partial charge in [0.1, 0.15) is 11.3 Å². The number of pyridine rings is 1. The Morgan fingerprint density at radius 2 is 2.26 bits per heavy atom. The second-order valence-electron chi connectivity index (χ2n) is 5.56. The van der Waals surface area contributed by atoms with Crippen molar-refractivity contribution in [1.29, 1.82) is 0 Å². The Bertz CT molecular complexity index is 572. The first-order valence-corrected chi connectivity index (χ1v) is 7.69. The van der Waals surface area contributed by atoms with Crippen LogP contribution in [0.4, 0.5) is 0 Å². The topological polar surface area (TPSA) is 30.7 Å². The Kier molecular flexibility index (Phi) is 3.74. The molecule has 0 bridgehead atoms. The largest absolute Gasteiger partial charge is 0.313 e. The number of aromatic nitrogens is 3. The quantitative estimate of drug-likeness (QED) is 0.780. The van der Waals surface area contributed by atoms with Crippen LogP contribution in [0.1, 0.15) is 37.1 Å². The first-order valence-electron chi connectivity index (χ1n) is 7.15. The fourth-order valence-electron chi connectivity index (χ4n) is 2.76. The Morgan fingerprint density at radius 1 is 1.42 bits per heavy atom. The standard InChI is InChI=1S/C15H20ClN3/c1-11-9-13-15(17-10-11)19(14(18-13)5-7-16)8-6-12-3-2-4-12/h9-10,12H,2-8H2,1H3. The molecule has 0 unspecified atom stereocenters. The zero-order valence-corrected chi connectivity index (χ0v) is 12.2. The Morgan fingerprint density at radius 3 is 2.95 bits per heavy atom. The maximum atomic E-state index is 5.89. The Balaban J connectivity index is 1.90. The van der Waals surface area contributed by atoms with Gasteiger partial charge in [0.2, 0.25) is 0 Å². The van der Waals surface area contributed by atoms with Crippen molar-refractivity contribution in [3.05, 3.63) is 23.7 Å². The number of alkyl halides is 1. The molecule has 2 heterocycles. The van der Waals surface area contributed by atoms with Crippen LogP contribution in [-0.2, 0) is 13.0 Å². The van der Waals surface area contributed by atoms with Gasteiger partial charge in [0.05, 0.1) is 0 Å². The van der Waals surface area contributed by atoms with Gasteiger partial charge in [0.15, 0.2) is 5.65 Å². The summed E-state index contributed by atoms with van der Waals surface area (Å²) in [4.78, 5) is 9.26. The molecule has 1 aliphatic carbocycles. The van der Waals surface area contributed by atoms with Crippen molar-refractivity contribution < 1.29 is 0 Å². The molecule has 0 amide bonds. The van der Waals surface area contributed by atoms with Gasteiger partial charge in [-0.2, -0.15) is 0 Å². The van der Waals surface area contributed by atoms with Gasteiger partial charge in [-0.15, -0.1) is 11.6 Å². The van der Waals surface area contributed by atoms with E-state index in [9.17, 15) is 0 Å². The molecule has 3 rings (SSSR count). The van der Waals surface area contributed by atoms with E-state index in [1.54, 1.807) is 0 Å². The molecule has 0 aromatic carbocycles. The highest BCUT2D eigenvalue weighted by molar-refractivity contribution is 6.17. The van der Waals surface area contributed by atoms with Crippen LogP contribution in [0.5, 0.6) is 0 Å². The van der Waals surface area contributed by atoms with E-state index in [1.807, 2.05) is 6.20 Å². The molecular weight excluding hydrogens is 258 g/mol. The molecule has 0 spiro atoms. The molecule has 102 valence electrons. The molecule has 0 N–H and O–H groups in total. The number of hydrogen-bond donors (Lipinski definition) is 0. The zero-order chi connectivity index (χ0) is 13.2. The van der Waals surface area contributed by atoms with Crippen LogP contribution in [0.2, 0.25) is 0 Å². The van der Waals surface area contributed by atoms with Crippen molar-refractivity contribution >= 4 is 22.8 Å². The van der Waals surface area contributed by atoms with Crippen molar-refractivity contribution in [2.45, 2.75) is 45.6 Å². The van der Waals surface area contributed by atoms with E-state index in [1.165, 1.54) is 25.7 Å². The third-order valence-corrected chi connectivity index (χ3v) is 4.29. The van der Waals surface area contributed by atoms with Crippen LogP contribution >= 0.6 is 11.6 Å². The summed E-state index contributed by atoms with van der Waals surface area (Å²) in [5.41, 5.74) is 3.19. The minimum atomic E-state index is 0.617. The SMILES string of the molecule is Cc1cnc2c(c1)nc(CCCl)n2CCC1CCC1. The first kappa shape index (κ1) is 12.9. The van der Waals surface area contributed by atoms with Crippen LogP contribution in [0, 0.1) is 12.8 Å². The van der Waals surface area contributed by atoms with Crippen LogP contribution in [0.25, 0.3) is 11.2 Å². The Hall–Kier alpha value is -1.09. The van der Waals surface area contributed by atoms with E-state index in [-0.39, 0.29) is 0 Å². The van der Waals surface area contributed by atoms with E-state index in [0.717, 1.165) is 41.4 Å². The molecule has 0 aliphatic heterocycles. The van der Waals surface area contributed by atoms with E-state index < -0.39 is 0 Å². The Labute approximate surface area is 119 Å². The maximum absolute atomic E-state index is 5.89. The molecule has 4 heteroatoms. The second-order valence-corrected chi connectivity index (χ2v) is 5.94. The van der Waals surface area contributed by atoms with E-state index >= 15 is 0 Å². The summed E-state index contributed by atoms with van der Waals surface area (Å²) >= 11 is 5.89. The summed E-state index contributed by atoms with van der Waals surface area (Å²) in [6, 6.07) is 2.11. The van der Waals surface area contributed by atoms with Crippen molar-refractivity contribution in [1.82, 2.24) is 14.5 Å². The molecule has 19 heavy (non-hydrogen) atoms. The minimum absolute atomic E-state index is 0.617.